The van der Waals surface area contributed by atoms with Crippen molar-refractivity contribution in [2.45, 2.75) is 25.2 Å². The van der Waals surface area contributed by atoms with Crippen LogP contribution in [-0.2, 0) is 0 Å². The van der Waals surface area contributed by atoms with Gasteiger partial charge in [-0.1, -0.05) is 13.8 Å². The van der Waals surface area contributed by atoms with Gasteiger partial charge in [-0.3, -0.25) is 0 Å². The van der Waals surface area contributed by atoms with E-state index >= 15 is 0 Å². The molecule has 1 rings (SSSR count). The highest BCUT2D eigenvalue weighted by atomic mass is 32.2. The van der Waals surface area contributed by atoms with E-state index in [2.05, 4.69) is 30.3 Å². The molecule has 3 heteroatoms. The predicted molar refractivity (Wildman–Crippen MR) is 66.4 cm³/mol. The van der Waals surface area contributed by atoms with Crippen molar-refractivity contribution in [2.75, 3.05) is 20.2 Å². The lowest BCUT2D eigenvalue weighted by Crippen LogP contribution is -2.15. The van der Waals surface area contributed by atoms with Crippen molar-refractivity contribution in [3.05, 3.63) is 24.3 Å². The van der Waals surface area contributed by atoms with Gasteiger partial charge in [-0.15, -0.1) is 0 Å². The molecule has 0 aliphatic rings. The van der Waals surface area contributed by atoms with E-state index in [1.54, 1.807) is 7.11 Å². The highest BCUT2D eigenvalue weighted by Crippen LogP contribution is 2.24. The fraction of sp³-hybridized carbons (Fsp3) is 0.500. The zero-order valence-corrected chi connectivity index (χ0v) is 10.5. The smallest absolute Gasteiger partial charge is 0.118 e. The van der Waals surface area contributed by atoms with E-state index in [-0.39, 0.29) is 0 Å². The lowest BCUT2D eigenvalue weighted by atomic mass is 10.3. The van der Waals surface area contributed by atoms with Crippen LogP contribution in [-0.4, -0.2) is 24.5 Å². The summed E-state index contributed by atoms with van der Waals surface area (Å²) in [6.45, 7) is 6.60. The standard InChI is InChI=1S/C12H19NOS/c1-4-10-13(5-2)15-12-8-6-11(14-3)7-9-12/h6-9H,4-5,10H2,1-3H3. The summed E-state index contributed by atoms with van der Waals surface area (Å²) in [6.07, 6.45) is 1.19. The molecule has 0 spiro atoms. The Morgan fingerprint density at radius 1 is 1.20 bits per heavy atom. The average Bonchev–Trinajstić information content (AvgIpc) is 2.29. The second-order valence-electron chi connectivity index (χ2n) is 3.29. The fourth-order valence-corrected chi connectivity index (χ4v) is 2.26. The van der Waals surface area contributed by atoms with Crippen LogP contribution in [0.1, 0.15) is 20.3 Å². The van der Waals surface area contributed by atoms with E-state index < -0.39 is 0 Å². The minimum absolute atomic E-state index is 0.915. The largest absolute Gasteiger partial charge is 0.497 e. The maximum absolute atomic E-state index is 5.13. The highest BCUT2D eigenvalue weighted by Gasteiger charge is 2.03. The number of hydrogen-bond donors (Lipinski definition) is 0. The van der Waals surface area contributed by atoms with E-state index in [9.17, 15) is 0 Å². The molecule has 0 bridgehead atoms. The number of nitrogens with zero attached hydrogens (tertiary/aromatic N) is 1. The lowest BCUT2D eigenvalue weighted by Gasteiger charge is -2.17. The van der Waals surface area contributed by atoms with Gasteiger partial charge in [0.2, 0.25) is 0 Å². The van der Waals surface area contributed by atoms with Gasteiger partial charge in [0.05, 0.1) is 7.11 Å². The van der Waals surface area contributed by atoms with Crippen LogP contribution in [0.15, 0.2) is 29.2 Å². The molecule has 0 saturated carbocycles. The van der Waals surface area contributed by atoms with Gasteiger partial charge in [0.1, 0.15) is 5.75 Å². The van der Waals surface area contributed by atoms with Gasteiger partial charge in [-0.2, -0.15) is 0 Å². The van der Waals surface area contributed by atoms with E-state index in [1.165, 1.54) is 11.3 Å². The Bertz CT molecular complexity index is 273. The molecule has 0 atom stereocenters. The maximum atomic E-state index is 5.13. The third-order valence-electron chi connectivity index (χ3n) is 2.12. The van der Waals surface area contributed by atoms with Crippen molar-refractivity contribution in [1.82, 2.24) is 4.31 Å². The van der Waals surface area contributed by atoms with Crippen LogP contribution in [0.25, 0.3) is 0 Å². The summed E-state index contributed by atoms with van der Waals surface area (Å²) in [5, 5.41) is 0. The molecule has 0 N–H and O–H groups in total. The van der Waals surface area contributed by atoms with Gasteiger partial charge in [0.15, 0.2) is 0 Å². The number of methoxy groups -OCH3 is 1. The van der Waals surface area contributed by atoms with Crippen molar-refractivity contribution in [1.29, 1.82) is 0 Å². The zero-order chi connectivity index (χ0) is 11.1. The van der Waals surface area contributed by atoms with E-state index in [1.807, 2.05) is 24.1 Å². The molecule has 1 aromatic rings. The van der Waals surface area contributed by atoms with Crippen LogP contribution < -0.4 is 4.74 Å². The third-order valence-corrected chi connectivity index (χ3v) is 3.30. The summed E-state index contributed by atoms with van der Waals surface area (Å²) in [4.78, 5) is 1.27. The van der Waals surface area contributed by atoms with Gasteiger partial charge in [-0.25, -0.2) is 4.31 Å². The first-order valence-electron chi connectivity index (χ1n) is 5.37. The number of hydrogen-bond acceptors (Lipinski definition) is 3. The Hall–Kier alpha value is -0.670. The first-order chi connectivity index (χ1) is 7.30. The lowest BCUT2D eigenvalue weighted by molar-refractivity contribution is 0.414. The molecule has 0 amide bonds. The molecule has 84 valence electrons. The van der Waals surface area contributed by atoms with Gasteiger partial charge in [0.25, 0.3) is 0 Å². The molecule has 0 radical (unpaired) electrons. The average molecular weight is 225 g/mol. The summed E-state index contributed by atoms with van der Waals surface area (Å²) in [6, 6.07) is 8.20. The zero-order valence-electron chi connectivity index (χ0n) is 9.69. The van der Waals surface area contributed by atoms with E-state index in [4.69, 9.17) is 4.74 Å². The van der Waals surface area contributed by atoms with Crippen LogP contribution in [0.3, 0.4) is 0 Å². The van der Waals surface area contributed by atoms with Crippen LogP contribution >= 0.6 is 11.9 Å². The Morgan fingerprint density at radius 2 is 1.87 bits per heavy atom. The normalized spacial score (nSPS) is 10.7. The summed E-state index contributed by atoms with van der Waals surface area (Å²) in [5.41, 5.74) is 0. The molecule has 0 unspecified atom stereocenters. The Kier molecular flexibility index (Phi) is 5.58. The Morgan fingerprint density at radius 3 is 2.33 bits per heavy atom. The number of benzene rings is 1. The van der Waals surface area contributed by atoms with Crippen molar-refractivity contribution >= 4 is 11.9 Å². The van der Waals surface area contributed by atoms with Gasteiger partial charge >= 0.3 is 0 Å². The van der Waals surface area contributed by atoms with Crippen molar-refractivity contribution in [3.8, 4) is 5.75 Å². The molecule has 0 saturated heterocycles. The summed E-state index contributed by atoms with van der Waals surface area (Å²) in [5.74, 6) is 0.915. The summed E-state index contributed by atoms with van der Waals surface area (Å²) in [7, 11) is 1.69. The highest BCUT2D eigenvalue weighted by molar-refractivity contribution is 7.97. The quantitative estimate of drug-likeness (QED) is 0.688. The van der Waals surface area contributed by atoms with Gasteiger partial charge < -0.3 is 4.74 Å². The predicted octanol–water partition coefficient (Wildman–Crippen LogP) is 3.43. The number of rotatable bonds is 6. The van der Waals surface area contributed by atoms with E-state index in [0.29, 0.717) is 0 Å². The SMILES string of the molecule is CCCN(CC)Sc1ccc(OC)cc1. The van der Waals surface area contributed by atoms with Crippen molar-refractivity contribution in [2.24, 2.45) is 0 Å². The van der Waals surface area contributed by atoms with Crippen LogP contribution in [0.5, 0.6) is 5.75 Å². The first-order valence-corrected chi connectivity index (χ1v) is 6.14. The topological polar surface area (TPSA) is 12.5 Å². The molecular formula is C12H19NOS. The van der Waals surface area contributed by atoms with Crippen LogP contribution in [0.4, 0.5) is 0 Å². The maximum Gasteiger partial charge on any atom is 0.118 e. The molecule has 2 nitrogen and oxygen atoms in total. The molecular weight excluding hydrogens is 206 g/mol. The fourth-order valence-electron chi connectivity index (χ4n) is 1.30. The minimum atomic E-state index is 0.915. The molecule has 1 aromatic carbocycles. The van der Waals surface area contributed by atoms with Crippen molar-refractivity contribution in [3.63, 3.8) is 0 Å². The molecule has 0 aliphatic heterocycles. The molecule has 0 aromatic heterocycles. The molecule has 0 aliphatic carbocycles. The second kappa shape index (κ2) is 6.75. The summed E-state index contributed by atoms with van der Waals surface area (Å²) >= 11 is 1.81. The third kappa shape index (κ3) is 4.14. The molecule has 15 heavy (non-hydrogen) atoms. The van der Waals surface area contributed by atoms with Crippen LogP contribution in [0.2, 0.25) is 0 Å². The first kappa shape index (κ1) is 12.4. The van der Waals surface area contributed by atoms with Gasteiger partial charge in [-0.05, 0) is 42.6 Å². The number of ether oxygens (including phenoxy) is 1. The second-order valence-corrected chi connectivity index (χ2v) is 4.46. The van der Waals surface area contributed by atoms with Gasteiger partial charge in [0, 0.05) is 18.0 Å². The summed E-state index contributed by atoms with van der Waals surface area (Å²) < 4.78 is 7.49. The van der Waals surface area contributed by atoms with Crippen molar-refractivity contribution < 1.29 is 4.74 Å². The van der Waals surface area contributed by atoms with E-state index in [0.717, 1.165) is 18.8 Å². The Balaban J connectivity index is 2.55. The van der Waals surface area contributed by atoms with Crippen LogP contribution in [0, 0.1) is 0 Å². The Labute approximate surface area is 96.8 Å². The monoisotopic (exact) mass is 225 g/mol. The molecule has 0 fully saturated rings. The minimum Gasteiger partial charge on any atom is -0.497 e. The molecule has 0 heterocycles.